The van der Waals surface area contributed by atoms with Crippen LogP contribution in [0.15, 0.2) is 101 Å². The Bertz CT molecular complexity index is 2120. The molecule has 9 nitrogen and oxygen atoms in total. The number of esters is 1. The second kappa shape index (κ2) is 12.5. The zero-order valence-electron chi connectivity index (χ0n) is 24.8. The highest BCUT2D eigenvalue weighted by Gasteiger charge is 2.56. The van der Waals surface area contributed by atoms with Crippen molar-refractivity contribution in [3.63, 3.8) is 0 Å². The quantitative estimate of drug-likeness (QED) is 0.158. The van der Waals surface area contributed by atoms with E-state index in [1.165, 1.54) is 16.7 Å². The zero-order valence-corrected chi connectivity index (χ0v) is 27.2. The van der Waals surface area contributed by atoms with E-state index in [1.807, 2.05) is 36.4 Å². The molecular formula is C35H26ClN3O6S2. The molecule has 1 aromatic heterocycles. The molecule has 12 heteroatoms. The Labute approximate surface area is 282 Å². The summed E-state index contributed by atoms with van der Waals surface area (Å²) in [6.07, 6.45) is 0. The molecule has 2 aliphatic heterocycles. The van der Waals surface area contributed by atoms with Crippen LogP contribution in [0.4, 0.5) is 11.4 Å². The molecule has 2 aliphatic rings. The number of benzene rings is 4. The van der Waals surface area contributed by atoms with Gasteiger partial charge >= 0.3 is 10.8 Å². The first-order valence-electron chi connectivity index (χ1n) is 14.8. The van der Waals surface area contributed by atoms with Crippen LogP contribution in [0.5, 0.6) is 0 Å². The van der Waals surface area contributed by atoms with Gasteiger partial charge in [0.1, 0.15) is 11.8 Å². The molecule has 0 radical (unpaired) electrons. The molecule has 0 bridgehead atoms. The Morgan fingerprint density at radius 3 is 2.36 bits per heavy atom. The van der Waals surface area contributed by atoms with Crippen LogP contribution in [0.1, 0.15) is 33.6 Å². The molecule has 0 aliphatic carbocycles. The lowest BCUT2D eigenvalue weighted by atomic mass is 9.83. The number of aromatic nitrogens is 1. The molecule has 0 saturated carbocycles. The third-order valence-electron chi connectivity index (χ3n) is 8.28. The van der Waals surface area contributed by atoms with E-state index < -0.39 is 40.8 Å². The van der Waals surface area contributed by atoms with E-state index in [0.29, 0.717) is 31.9 Å². The predicted molar refractivity (Wildman–Crippen MR) is 182 cm³/mol. The molecule has 3 amide bonds. The summed E-state index contributed by atoms with van der Waals surface area (Å²) in [7, 11) is 0. The first-order valence-corrected chi connectivity index (χ1v) is 16.9. The second-order valence-corrected chi connectivity index (χ2v) is 13.6. The van der Waals surface area contributed by atoms with Crippen LogP contribution in [0.3, 0.4) is 0 Å². The number of ether oxygens (including phenoxy) is 1. The van der Waals surface area contributed by atoms with Crippen LogP contribution < -0.4 is 15.1 Å². The van der Waals surface area contributed by atoms with Gasteiger partial charge in [-0.2, -0.15) is 0 Å². The van der Waals surface area contributed by atoms with E-state index in [1.54, 1.807) is 49.4 Å². The minimum Gasteiger partial charge on any atom is -0.462 e. The van der Waals surface area contributed by atoms with E-state index in [9.17, 15) is 24.0 Å². The number of hydrogen-bond donors (Lipinski definition) is 1. The normalized spacial score (nSPS) is 18.6. The maximum absolute atomic E-state index is 14.1. The third-order valence-corrected chi connectivity index (χ3v) is 11.1. The van der Waals surface area contributed by atoms with Crippen molar-refractivity contribution in [3.05, 3.63) is 122 Å². The topological polar surface area (TPSA) is 115 Å². The zero-order chi connectivity index (χ0) is 32.8. The number of anilines is 2. The molecule has 0 spiro atoms. The molecule has 4 aromatic carbocycles. The largest absolute Gasteiger partial charge is 0.462 e. The summed E-state index contributed by atoms with van der Waals surface area (Å²) in [5.41, 5.74) is 1.97. The van der Waals surface area contributed by atoms with Gasteiger partial charge in [-0.05, 0) is 60.3 Å². The number of thioether (sulfide) groups is 1. The number of thiazole rings is 1. The third kappa shape index (κ3) is 5.54. The van der Waals surface area contributed by atoms with Gasteiger partial charge in [0, 0.05) is 26.9 Å². The summed E-state index contributed by atoms with van der Waals surface area (Å²) in [6, 6.07) is 26.4. The number of amides is 3. The van der Waals surface area contributed by atoms with Crippen LogP contribution in [0, 0.1) is 5.92 Å². The summed E-state index contributed by atoms with van der Waals surface area (Å²) in [4.78, 5) is 68.6. The van der Waals surface area contributed by atoms with Crippen LogP contribution in [0.25, 0.3) is 10.8 Å². The van der Waals surface area contributed by atoms with E-state index in [2.05, 4.69) is 5.32 Å². The van der Waals surface area contributed by atoms with Gasteiger partial charge in [0.25, 0.3) is 0 Å². The van der Waals surface area contributed by atoms with Crippen molar-refractivity contribution < 1.29 is 23.9 Å². The first-order chi connectivity index (χ1) is 22.7. The molecule has 7 rings (SSSR count). The van der Waals surface area contributed by atoms with E-state index >= 15 is 0 Å². The fourth-order valence-corrected chi connectivity index (χ4v) is 9.07. The molecule has 47 heavy (non-hydrogen) atoms. The number of carbonyl (C=O) groups excluding carboxylic acids is 4. The van der Waals surface area contributed by atoms with Crippen LogP contribution >= 0.6 is 34.7 Å². The smallest absolute Gasteiger partial charge is 0.338 e. The number of imide groups is 1. The van der Waals surface area contributed by atoms with Crippen LogP contribution in [0.2, 0.25) is 5.02 Å². The fraction of sp³-hybridized carbons (Fsp3) is 0.171. The maximum Gasteiger partial charge on any atom is 0.338 e. The molecule has 1 fully saturated rings. The van der Waals surface area contributed by atoms with Gasteiger partial charge in [-0.15, -0.1) is 0 Å². The Balaban J connectivity index is 1.24. The summed E-state index contributed by atoms with van der Waals surface area (Å²) in [5.74, 6) is -3.20. The predicted octanol–water partition coefficient (Wildman–Crippen LogP) is 6.33. The highest BCUT2D eigenvalue weighted by Crippen LogP contribution is 2.54. The van der Waals surface area contributed by atoms with Gasteiger partial charge < -0.3 is 10.1 Å². The molecule has 5 aromatic rings. The van der Waals surface area contributed by atoms with Crippen molar-refractivity contribution in [1.82, 2.24) is 4.57 Å². The highest BCUT2D eigenvalue weighted by atomic mass is 35.5. The van der Waals surface area contributed by atoms with Crippen molar-refractivity contribution in [2.24, 2.45) is 5.92 Å². The van der Waals surface area contributed by atoms with Crippen molar-refractivity contribution in [3.8, 4) is 0 Å². The Hall–Kier alpha value is -4.71. The summed E-state index contributed by atoms with van der Waals surface area (Å²) >= 11 is 8.31. The molecule has 3 atom stereocenters. The maximum atomic E-state index is 14.1. The molecule has 1 saturated heterocycles. The standard InChI is InChI=1S/C35H26ClN3O6S2/c1-2-45-34(43)21-12-16-23(17-13-21)39-31(41)28-27(20-10-14-22(36)15-11-20)30-33(46-29(28)32(39)42)38(35(44)47-30)18-26(40)37-25-9-5-7-19-6-3-4-8-24(19)25/h3-17,27-29H,2,18H2,1H3,(H,37,40)/t27-,28-,29+/m0/s1. The van der Waals surface area contributed by atoms with Gasteiger partial charge in [0.15, 0.2) is 0 Å². The Morgan fingerprint density at radius 2 is 1.62 bits per heavy atom. The Morgan fingerprint density at radius 1 is 0.894 bits per heavy atom. The van der Waals surface area contributed by atoms with Gasteiger partial charge in [-0.1, -0.05) is 83.2 Å². The number of carbonyl (C=O) groups is 4. The lowest BCUT2D eigenvalue weighted by Crippen LogP contribution is -2.33. The number of nitrogens with one attached hydrogen (secondary N) is 1. The number of nitrogens with zero attached hydrogens (tertiary/aromatic N) is 2. The number of halogens is 1. The van der Waals surface area contributed by atoms with E-state index in [4.69, 9.17) is 16.3 Å². The number of fused-ring (bicyclic) bond motifs is 3. The van der Waals surface area contributed by atoms with Crippen LogP contribution in [-0.4, -0.2) is 40.1 Å². The summed E-state index contributed by atoms with van der Waals surface area (Å²) in [6.45, 7) is 1.66. The lowest BCUT2D eigenvalue weighted by Gasteiger charge is -2.30. The minimum atomic E-state index is -0.859. The molecule has 0 unspecified atom stereocenters. The van der Waals surface area contributed by atoms with Crippen molar-refractivity contribution in [1.29, 1.82) is 0 Å². The number of hydrogen-bond acceptors (Lipinski definition) is 8. The lowest BCUT2D eigenvalue weighted by molar-refractivity contribution is -0.122. The van der Waals surface area contributed by atoms with E-state index in [-0.39, 0.29) is 18.0 Å². The van der Waals surface area contributed by atoms with Gasteiger partial charge in [0.2, 0.25) is 17.7 Å². The van der Waals surface area contributed by atoms with Crippen LogP contribution in [-0.2, 0) is 25.7 Å². The highest BCUT2D eigenvalue weighted by molar-refractivity contribution is 8.00. The van der Waals surface area contributed by atoms with E-state index in [0.717, 1.165) is 44.3 Å². The monoisotopic (exact) mass is 683 g/mol. The van der Waals surface area contributed by atoms with Gasteiger partial charge in [-0.3, -0.25) is 23.7 Å². The minimum absolute atomic E-state index is 0.219. The average molecular weight is 684 g/mol. The first kappa shape index (κ1) is 30.9. The van der Waals surface area contributed by atoms with Gasteiger partial charge in [-0.25, -0.2) is 9.69 Å². The Kier molecular flexibility index (Phi) is 8.21. The SMILES string of the molecule is CCOC(=O)c1ccc(N2C(=O)[C@H]3[C@H](c4ccc(Cl)cc4)c4sc(=O)n(CC(=O)Nc5cccc6ccccc56)c4S[C@H]3C2=O)cc1. The van der Waals surface area contributed by atoms with Crippen molar-refractivity contribution >= 4 is 80.5 Å². The summed E-state index contributed by atoms with van der Waals surface area (Å²) in [5, 5.41) is 4.90. The summed E-state index contributed by atoms with van der Waals surface area (Å²) < 4.78 is 6.44. The fourth-order valence-electron chi connectivity index (χ4n) is 6.17. The van der Waals surface area contributed by atoms with Gasteiger partial charge in [0.05, 0.1) is 28.8 Å². The molecule has 3 heterocycles. The molecule has 1 N–H and O–H groups in total. The molecular weight excluding hydrogens is 658 g/mol. The number of rotatable bonds is 7. The average Bonchev–Trinajstić information content (AvgIpc) is 3.51. The second-order valence-electron chi connectivity index (χ2n) is 11.1. The molecule has 236 valence electrons. The van der Waals surface area contributed by atoms with Crippen molar-refractivity contribution in [2.45, 2.75) is 29.7 Å². The van der Waals surface area contributed by atoms with Crippen molar-refractivity contribution in [2.75, 3.05) is 16.8 Å².